The van der Waals surface area contributed by atoms with Crippen molar-refractivity contribution in [1.82, 2.24) is 13.9 Å². The Morgan fingerprint density at radius 1 is 1.35 bits per heavy atom. The fourth-order valence-corrected chi connectivity index (χ4v) is 2.73. The highest BCUT2D eigenvalue weighted by molar-refractivity contribution is 7.92. The first kappa shape index (κ1) is 17.6. The van der Waals surface area contributed by atoms with Crippen LogP contribution in [-0.4, -0.2) is 29.3 Å². The van der Waals surface area contributed by atoms with Gasteiger partial charge in [-0.2, -0.15) is 13.1 Å². The van der Waals surface area contributed by atoms with Crippen molar-refractivity contribution in [3.05, 3.63) is 58.5 Å². The number of rotatable bonds is 6. The molecule has 5 nitrogen and oxygen atoms in total. The van der Waals surface area contributed by atoms with Crippen molar-refractivity contribution in [2.24, 2.45) is 0 Å². The van der Waals surface area contributed by atoms with Gasteiger partial charge in [0.1, 0.15) is 5.82 Å². The zero-order chi connectivity index (χ0) is 17.0. The third-order valence-corrected chi connectivity index (χ3v) is 4.79. The maximum Gasteiger partial charge on any atom is 0.319 e. The van der Waals surface area contributed by atoms with Crippen molar-refractivity contribution in [3.63, 3.8) is 0 Å². The average Bonchev–Trinajstić information content (AvgIpc) is 2.95. The summed E-state index contributed by atoms with van der Waals surface area (Å²) in [7, 11) is -2.47. The Morgan fingerprint density at radius 2 is 2.00 bits per heavy atom. The standard InChI is InChI=1S/C14H14ClF2N3O2S/c1-19(10-13-18-7-8-20(13)14(16)17)23(21,22)9-6-11-2-4-12(15)5-3-11/h2-9,14H,10H2,1H3/b9-6+. The van der Waals surface area contributed by atoms with Crippen molar-refractivity contribution >= 4 is 27.7 Å². The quantitative estimate of drug-likeness (QED) is 0.792. The SMILES string of the molecule is CN(Cc1nccn1C(F)F)S(=O)(=O)/C=C/c1ccc(Cl)cc1. The van der Waals surface area contributed by atoms with E-state index in [1.807, 2.05) is 0 Å². The smallest absolute Gasteiger partial charge is 0.277 e. The van der Waals surface area contributed by atoms with Crippen molar-refractivity contribution in [2.75, 3.05) is 7.05 Å². The molecule has 0 saturated heterocycles. The summed E-state index contributed by atoms with van der Waals surface area (Å²) in [6, 6.07) is 6.60. The molecule has 0 aliphatic heterocycles. The third-order valence-electron chi connectivity index (χ3n) is 3.06. The molecule has 0 aliphatic rings. The van der Waals surface area contributed by atoms with Crippen LogP contribution in [0.4, 0.5) is 8.78 Å². The van der Waals surface area contributed by atoms with E-state index in [1.165, 1.54) is 19.3 Å². The van der Waals surface area contributed by atoms with E-state index < -0.39 is 16.6 Å². The fourth-order valence-electron chi connectivity index (χ4n) is 1.78. The fraction of sp³-hybridized carbons (Fsp3) is 0.214. The van der Waals surface area contributed by atoms with Crippen molar-refractivity contribution in [3.8, 4) is 0 Å². The summed E-state index contributed by atoms with van der Waals surface area (Å²) in [5.41, 5.74) is 0.653. The van der Waals surface area contributed by atoms with Crippen LogP contribution in [0, 0.1) is 0 Å². The normalized spacial score (nSPS) is 12.6. The predicted molar refractivity (Wildman–Crippen MR) is 84.4 cm³/mol. The molecule has 0 amide bonds. The molecule has 0 spiro atoms. The first-order valence-electron chi connectivity index (χ1n) is 6.49. The lowest BCUT2D eigenvalue weighted by molar-refractivity contribution is 0.0658. The summed E-state index contributed by atoms with van der Waals surface area (Å²) in [6.07, 6.45) is 3.71. The van der Waals surface area contributed by atoms with Crippen LogP contribution in [0.15, 0.2) is 42.1 Å². The summed E-state index contributed by atoms with van der Waals surface area (Å²) in [5.74, 6) is -0.0361. The molecule has 0 saturated carbocycles. The number of hydrogen-bond acceptors (Lipinski definition) is 3. The van der Waals surface area contributed by atoms with Crippen LogP contribution in [0.2, 0.25) is 5.02 Å². The highest BCUT2D eigenvalue weighted by Crippen LogP contribution is 2.16. The second-order valence-electron chi connectivity index (χ2n) is 4.68. The lowest BCUT2D eigenvalue weighted by atomic mass is 10.2. The van der Waals surface area contributed by atoms with Crippen LogP contribution in [0.1, 0.15) is 17.9 Å². The molecule has 0 bridgehead atoms. The molecule has 124 valence electrons. The molecule has 1 heterocycles. The number of nitrogens with zero attached hydrogens (tertiary/aromatic N) is 3. The minimum atomic E-state index is -3.77. The Labute approximate surface area is 137 Å². The monoisotopic (exact) mass is 361 g/mol. The highest BCUT2D eigenvalue weighted by atomic mass is 35.5. The molecule has 0 atom stereocenters. The van der Waals surface area contributed by atoms with E-state index in [2.05, 4.69) is 4.98 Å². The number of imidazole rings is 1. The number of alkyl halides is 2. The molecule has 0 aliphatic carbocycles. The van der Waals surface area contributed by atoms with Gasteiger partial charge in [0.15, 0.2) is 0 Å². The molecule has 1 aromatic heterocycles. The largest absolute Gasteiger partial charge is 0.319 e. The summed E-state index contributed by atoms with van der Waals surface area (Å²) in [5, 5.41) is 1.55. The Balaban J connectivity index is 2.12. The topological polar surface area (TPSA) is 55.2 Å². The van der Waals surface area contributed by atoms with Crippen LogP contribution < -0.4 is 0 Å². The molecular formula is C14H14ClF2N3O2S. The lowest BCUT2D eigenvalue weighted by Crippen LogP contribution is -2.26. The zero-order valence-electron chi connectivity index (χ0n) is 12.1. The molecule has 23 heavy (non-hydrogen) atoms. The van der Waals surface area contributed by atoms with E-state index in [-0.39, 0.29) is 12.4 Å². The Bertz CT molecular complexity index is 789. The number of aromatic nitrogens is 2. The third kappa shape index (κ3) is 4.60. The highest BCUT2D eigenvalue weighted by Gasteiger charge is 2.19. The lowest BCUT2D eigenvalue weighted by Gasteiger charge is -2.15. The molecule has 0 fully saturated rings. The number of halogens is 3. The molecular weight excluding hydrogens is 348 g/mol. The van der Waals surface area contributed by atoms with Gasteiger partial charge in [0, 0.05) is 29.9 Å². The number of sulfonamides is 1. The first-order chi connectivity index (χ1) is 10.8. The van der Waals surface area contributed by atoms with E-state index >= 15 is 0 Å². The first-order valence-corrected chi connectivity index (χ1v) is 8.37. The summed E-state index contributed by atoms with van der Waals surface area (Å²) < 4.78 is 51.4. The van der Waals surface area contributed by atoms with Crippen LogP contribution >= 0.6 is 11.6 Å². The van der Waals surface area contributed by atoms with Crippen molar-refractivity contribution in [2.45, 2.75) is 13.1 Å². The van der Waals surface area contributed by atoms with Crippen LogP contribution in [0.3, 0.4) is 0 Å². The van der Waals surface area contributed by atoms with E-state index in [0.29, 0.717) is 15.2 Å². The van der Waals surface area contributed by atoms with Gasteiger partial charge in [-0.3, -0.25) is 4.57 Å². The molecule has 2 rings (SSSR count). The minimum Gasteiger partial charge on any atom is -0.277 e. The van der Waals surface area contributed by atoms with Gasteiger partial charge in [0.2, 0.25) is 10.0 Å². The predicted octanol–water partition coefficient (Wildman–Crippen LogP) is 3.36. The van der Waals surface area contributed by atoms with Gasteiger partial charge in [-0.15, -0.1) is 0 Å². The molecule has 2 aromatic rings. The van der Waals surface area contributed by atoms with E-state index in [4.69, 9.17) is 11.6 Å². The molecule has 0 unspecified atom stereocenters. The van der Waals surface area contributed by atoms with Gasteiger partial charge in [0.25, 0.3) is 0 Å². The second kappa shape index (κ2) is 7.20. The van der Waals surface area contributed by atoms with E-state index in [9.17, 15) is 17.2 Å². The molecule has 0 radical (unpaired) electrons. The van der Waals surface area contributed by atoms with E-state index in [1.54, 1.807) is 24.3 Å². The van der Waals surface area contributed by atoms with Gasteiger partial charge in [0.05, 0.1) is 6.54 Å². The summed E-state index contributed by atoms with van der Waals surface area (Å²) in [6.45, 7) is -3.03. The van der Waals surface area contributed by atoms with Gasteiger partial charge < -0.3 is 0 Å². The van der Waals surface area contributed by atoms with Crippen molar-refractivity contribution < 1.29 is 17.2 Å². The van der Waals surface area contributed by atoms with Gasteiger partial charge in [-0.25, -0.2) is 13.4 Å². The molecule has 0 N–H and O–H groups in total. The summed E-state index contributed by atoms with van der Waals surface area (Å²) in [4.78, 5) is 3.76. The maximum atomic E-state index is 12.7. The number of hydrogen-bond donors (Lipinski definition) is 0. The van der Waals surface area contributed by atoms with Gasteiger partial charge >= 0.3 is 6.55 Å². The Kier molecular flexibility index (Phi) is 5.51. The van der Waals surface area contributed by atoms with Crippen LogP contribution in [-0.2, 0) is 16.6 Å². The van der Waals surface area contributed by atoms with Gasteiger partial charge in [-0.1, -0.05) is 23.7 Å². The van der Waals surface area contributed by atoms with Crippen molar-refractivity contribution in [1.29, 1.82) is 0 Å². The molecule has 9 heteroatoms. The van der Waals surface area contributed by atoms with E-state index in [0.717, 1.165) is 15.9 Å². The Hall–Kier alpha value is -1.77. The average molecular weight is 362 g/mol. The van der Waals surface area contributed by atoms with Crippen LogP contribution in [0.5, 0.6) is 0 Å². The van der Waals surface area contributed by atoms with Gasteiger partial charge in [-0.05, 0) is 23.8 Å². The second-order valence-corrected chi connectivity index (χ2v) is 7.05. The maximum absolute atomic E-state index is 12.7. The van der Waals surface area contributed by atoms with Crippen LogP contribution in [0.25, 0.3) is 6.08 Å². The summed E-state index contributed by atoms with van der Waals surface area (Å²) >= 11 is 5.75. The molecule has 1 aromatic carbocycles. The number of benzene rings is 1. The Morgan fingerprint density at radius 3 is 2.61 bits per heavy atom. The zero-order valence-corrected chi connectivity index (χ0v) is 13.7. The minimum absolute atomic E-state index is 0.0361.